The molecule has 0 aliphatic heterocycles. The van der Waals surface area contributed by atoms with Gasteiger partial charge in [-0.1, -0.05) is 0 Å². The summed E-state index contributed by atoms with van der Waals surface area (Å²) in [6.07, 6.45) is 3.51. The quantitative estimate of drug-likeness (QED) is 0.721. The van der Waals surface area contributed by atoms with E-state index in [4.69, 9.17) is 0 Å². The molecular weight excluding hydrogens is 224 g/mol. The molecule has 2 heterocycles. The third kappa shape index (κ3) is 1.62. The number of aromatic amines is 1. The van der Waals surface area contributed by atoms with Crippen LogP contribution in [0.3, 0.4) is 0 Å². The Morgan fingerprint density at radius 3 is 2.67 bits per heavy atom. The summed E-state index contributed by atoms with van der Waals surface area (Å²) in [6, 6.07) is 8.07. The standard InChI is InChI=1S/C14H14N4/c1-9-11-8-10(15-2)4-5-12(11)18-13(9)14-16-6-3-7-17-14/h3-8,15,18H,1-2H3. The maximum Gasteiger partial charge on any atom is 0.176 e. The van der Waals surface area contributed by atoms with Gasteiger partial charge in [-0.15, -0.1) is 0 Å². The number of rotatable bonds is 2. The molecule has 2 aromatic heterocycles. The molecule has 1 aromatic carbocycles. The van der Waals surface area contributed by atoms with E-state index in [-0.39, 0.29) is 0 Å². The average molecular weight is 238 g/mol. The van der Waals surface area contributed by atoms with Gasteiger partial charge in [0.25, 0.3) is 0 Å². The van der Waals surface area contributed by atoms with Crippen LogP contribution < -0.4 is 5.32 Å². The first kappa shape index (κ1) is 10.8. The maximum absolute atomic E-state index is 4.29. The molecule has 90 valence electrons. The summed E-state index contributed by atoms with van der Waals surface area (Å²) < 4.78 is 0. The Hall–Kier alpha value is -2.36. The van der Waals surface area contributed by atoms with E-state index in [0.717, 1.165) is 22.7 Å². The van der Waals surface area contributed by atoms with Gasteiger partial charge < -0.3 is 10.3 Å². The molecule has 3 aromatic rings. The SMILES string of the molecule is CNc1ccc2[nH]c(-c3ncccn3)c(C)c2c1. The molecule has 4 nitrogen and oxygen atoms in total. The van der Waals surface area contributed by atoms with Crippen LogP contribution in [0.25, 0.3) is 22.4 Å². The topological polar surface area (TPSA) is 53.6 Å². The highest BCUT2D eigenvalue weighted by Crippen LogP contribution is 2.29. The van der Waals surface area contributed by atoms with Crippen LogP contribution in [0.4, 0.5) is 5.69 Å². The van der Waals surface area contributed by atoms with E-state index in [0.29, 0.717) is 0 Å². The molecule has 0 saturated heterocycles. The number of nitrogens with one attached hydrogen (secondary N) is 2. The lowest BCUT2D eigenvalue weighted by atomic mass is 10.1. The van der Waals surface area contributed by atoms with Crippen molar-refractivity contribution in [3.63, 3.8) is 0 Å². The molecule has 3 rings (SSSR count). The molecule has 0 radical (unpaired) electrons. The molecule has 0 bridgehead atoms. The van der Waals surface area contributed by atoms with Crippen molar-refractivity contribution in [1.82, 2.24) is 15.0 Å². The summed E-state index contributed by atoms with van der Waals surface area (Å²) in [5.41, 5.74) is 4.37. The fourth-order valence-corrected chi connectivity index (χ4v) is 2.13. The fourth-order valence-electron chi connectivity index (χ4n) is 2.13. The van der Waals surface area contributed by atoms with E-state index < -0.39 is 0 Å². The van der Waals surface area contributed by atoms with Gasteiger partial charge in [-0.05, 0) is 36.8 Å². The van der Waals surface area contributed by atoms with E-state index >= 15 is 0 Å². The Balaban J connectivity index is 2.23. The monoisotopic (exact) mass is 238 g/mol. The molecule has 0 aliphatic rings. The predicted octanol–water partition coefficient (Wildman–Crippen LogP) is 2.98. The minimum absolute atomic E-state index is 0.734. The molecule has 0 atom stereocenters. The molecular formula is C14H14N4. The van der Waals surface area contributed by atoms with Crippen molar-refractivity contribution in [2.24, 2.45) is 0 Å². The van der Waals surface area contributed by atoms with E-state index in [1.807, 2.05) is 19.2 Å². The third-order valence-corrected chi connectivity index (χ3v) is 3.14. The van der Waals surface area contributed by atoms with Crippen LogP contribution in [0.1, 0.15) is 5.56 Å². The summed E-state index contributed by atoms with van der Waals surface area (Å²) in [5, 5.41) is 4.35. The van der Waals surface area contributed by atoms with Crippen molar-refractivity contribution in [2.45, 2.75) is 6.92 Å². The molecule has 0 aliphatic carbocycles. The van der Waals surface area contributed by atoms with Gasteiger partial charge in [0.2, 0.25) is 0 Å². The zero-order chi connectivity index (χ0) is 12.5. The first-order valence-electron chi connectivity index (χ1n) is 5.87. The van der Waals surface area contributed by atoms with Crippen LogP contribution in [0.2, 0.25) is 0 Å². The van der Waals surface area contributed by atoms with Gasteiger partial charge >= 0.3 is 0 Å². The van der Waals surface area contributed by atoms with Gasteiger partial charge in [-0.25, -0.2) is 9.97 Å². The summed E-state index contributed by atoms with van der Waals surface area (Å²) in [4.78, 5) is 12.0. The minimum Gasteiger partial charge on any atom is -0.388 e. The fraction of sp³-hybridized carbons (Fsp3) is 0.143. The Kier molecular flexibility index (Phi) is 2.48. The lowest BCUT2D eigenvalue weighted by Gasteiger charge is -1.99. The van der Waals surface area contributed by atoms with Crippen molar-refractivity contribution in [3.05, 3.63) is 42.2 Å². The van der Waals surface area contributed by atoms with Crippen molar-refractivity contribution in [1.29, 1.82) is 0 Å². The van der Waals surface area contributed by atoms with Gasteiger partial charge in [0, 0.05) is 36.0 Å². The summed E-state index contributed by atoms with van der Waals surface area (Å²) in [5.74, 6) is 0.734. The highest BCUT2D eigenvalue weighted by atomic mass is 14.9. The predicted molar refractivity (Wildman–Crippen MR) is 73.6 cm³/mol. The lowest BCUT2D eigenvalue weighted by molar-refractivity contribution is 1.15. The zero-order valence-corrected chi connectivity index (χ0v) is 10.4. The Labute approximate surface area is 105 Å². The number of aromatic nitrogens is 3. The second kappa shape index (κ2) is 4.14. The lowest BCUT2D eigenvalue weighted by Crippen LogP contribution is -1.88. The number of benzene rings is 1. The van der Waals surface area contributed by atoms with Crippen LogP contribution in [0.5, 0.6) is 0 Å². The Morgan fingerprint density at radius 2 is 1.94 bits per heavy atom. The number of hydrogen-bond acceptors (Lipinski definition) is 3. The van der Waals surface area contributed by atoms with E-state index in [1.165, 1.54) is 10.9 Å². The molecule has 2 N–H and O–H groups in total. The van der Waals surface area contributed by atoms with Gasteiger partial charge in [-0.2, -0.15) is 0 Å². The summed E-state index contributed by atoms with van der Waals surface area (Å²) in [7, 11) is 1.92. The molecule has 0 saturated carbocycles. The minimum atomic E-state index is 0.734. The average Bonchev–Trinajstić information content (AvgIpc) is 2.77. The third-order valence-electron chi connectivity index (χ3n) is 3.14. The van der Waals surface area contributed by atoms with Crippen LogP contribution in [-0.4, -0.2) is 22.0 Å². The van der Waals surface area contributed by atoms with Crippen molar-refractivity contribution in [2.75, 3.05) is 12.4 Å². The Bertz CT molecular complexity index is 686. The number of H-pyrrole nitrogens is 1. The molecule has 0 amide bonds. The van der Waals surface area contributed by atoms with Gasteiger partial charge in [0.05, 0.1) is 5.69 Å². The highest BCUT2D eigenvalue weighted by molar-refractivity contribution is 5.91. The smallest absolute Gasteiger partial charge is 0.176 e. The second-order valence-corrected chi connectivity index (χ2v) is 4.21. The molecule has 0 unspecified atom stereocenters. The molecule has 0 spiro atoms. The van der Waals surface area contributed by atoms with Crippen LogP contribution >= 0.6 is 0 Å². The van der Waals surface area contributed by atoms with Gasteiger partial charge in [-0.3, -0.25) is 0 Å². The number of anilines is 1. The van der Waals surface area contributed by atoms with Gasteiger partial charge in [0.1, 0.15) is 0 Å². The number of hydrogen-bond donors (Lipinski definition) is 2. The van der Waals surface area contributed by atoms with Crippen LogP contribution in [0.15, 0.2) is 36.7 Å². The normalized spacial score (nSPS) is 10.8. The van der Waals surface area contributed by atoms with Crippen molar-refractivity contribution >= 4 is 16.6 Å². The largest absolute Gasteiger partial charge is 0.388 e. The van der Waals surface area contributed by atoms with Crippen LogP contribution in [-0.2, 0) is 0 Å². The Morgan fingerprint density at radius 1 is 1.17 bits per heavy atom. The first-order chi connectivity index (χ1) is 8.79. The maximum atomic E-state index is 4.29. The summed E-state index contributed by atoms with van der Waals surface area (Å²) >= 11 is 0. The number of fused-ring (bicyclic) bond motifs is 1. The summed E-state index contributed by atoms with van der Waals surface area (Å²) in [6.45, 7) is 2.09. The van der Waals surface area contributed by atoms with Crippen molar-refractivity contribution in [3.8, 4) is 11.5 Å². The second-order valence-electron chi connectivity index (χ2n) is 4.21. The number of nitrogens with zero attached hydrogens (tertiary/aromatic N) is 2. The van der Waals surface area contributed by atoms with E-state index in [2.05, 4.69) is 39.3 Å². The van der Waals surface area contributed by atoms with Crippen LogP contribution in [0, 0.1) is 6.92 Å². The number of aryl methyl sites for hydroxylation is 1. The molecule has 18 heavy (non-hydrogen) atoms. The van der Waals surface area contributed by atoms with Gasteiger partial charge in [0.15, 0.2) is 5.82 Å². The molecule has 0 fully saturated rings. The highest BCUT2D eigenvalue weighted by Gasteiger charge is 2.11. The zero-order valence-electron chi connectivity index (χ0n) is 10.4. The van der Waals surface area contributed by atoms with E-state index in [9.17, 15) is 0 Å². The first-order valence-corrected chi connectivity index (χ1v) is 5.87. The van der Waals surface area contributed by atoms with E-state index in [1.54, 1.807) is 12.4 Å². The van der Waals surface area contributed by atoms with Crippen molar-refractivity contribution < 1.29 is 0 Å². The molecule has 4 heteroatoms.